The van der Waals surface area contributed by atoms with Gasteiger partial charge in [0.15, 0.2) is 0 Å². The van der Waals surface area contributed by atoms with Gasteiger partial charge in [0.1, 0.15) is 0 Å². The van der Waals surface area contributed by atoms with Crippen LogP contribution in [0.15, 0.2) is 29.2 Å². The van der Waals surface area contributed by atoms with Crippen LogP contribution in [-0.2, 0) is 9.84 Å². The molecular formula is C7H4ClF3O2S. The van der Waals surface area contributed by atoms with Crippen molar-refractivity contribution in [3.05, 3.63) is 29.3 Å². The summed E-state index contributed by atoms with van der Waals surface area (Å²) in [6, 6.07) is 4.41. The maximum Gasteiger partial charge on any atom is 0.501 e. The predicted molar refractivity (Wildman–Crippen MR) is 44.7 cm³/mol. The molecule has 1 aromatic rings. The topological polar surface area (TPSA) is 34.1 Å². The fourth-order valence-electron chi connectivity index (χ4n) is 0.787. The molecule has 0 aliphatic rings. The molecular weight excluding hydrogens is 241 g/mol. The van der Waals surface area contributed by atoms with E-state index in [0.29, 0.717) is 0 Å². The lowest BCUT2D eigenvalue weighted by molar-refractivity contribution is -0.0435. The maximum atomic E-state index is 12.1. The van der Waals surface area contributed by atoms with Crippen molar-refractivity contribution in [2.45, 2.75) is 10.4 Å². The fraction of sp³-hybridized carbons (Fsp3) is 0.143. The van der Waals surface area contributed by atoms with E-state index < -0.39 is 25.3 Å². The van der Waals surface area contributed by atoms with E-state index in [4.69, 9.17) is 11.6 Å². The molecule has 14 heavy (non-hydrogen) atoms. The summed E-state index contributed by atoms with van der Waals surface area (Å²) < 4.78 is 57.9. The van der Waals surface area contributed by atoms with Crippen LogP contribution in [0.4, 0.5) is 13.2 Å². The molecule has 0 heterocycles. The van der Waals surface area contributed by atoms with Crippen LogP contribution in [0, 0.1) is 0 Å². The Kier molecular flexibility index (Phi) is 2.78. The second kappa shape index (κ2) is 3.43. The summed E-state index contributed by atoms with van der Waals surface area (Å²) in [6.45, 7) is 0. The minimum atomic E-state index is -5.34. The van der Waals surface area contributed by atoms with Gasteiger partial charge in [-0.3, -0.25) is 0 Å². The Balaban J connectivity index is 3.40. The zero-order valence-electron chi connectivity index (χ0n) is 6.55. The number of sulfone groups is 1. The van der Waals surface area contributed by atoms with Gasteiger partial charge in [-0.15, -0.1) is 0 Å². The molecule has 0 atom stereocenters. The van der Waals surface area contributed by atoms with Crippen LogP contribution in [0.25, 0.3) is 0 Å². The molecule has 2 nitrogen and oxygen atoms in total. The van der Waals surface area contributed by atoms with Gasteiger partial charge in [-0.1, -0.05) is 23.7 Å². The fourth-order valence-corrected chi connectivity index (χ4v) is 2.06. The van der Waals surface area contributed by atoms with E-state index in [9.17, 15) is 21.6 Å². The van der Waals surface area contributed by atoms with Gasteiger partial charge in [-0.05, 0) is 12.1 Å². The summed E-state index contributed by atoms with van der Waals surface area (Å²) in [5.74, 6) is 0. The van der Waals surface area contributed by atoms with Crippen LogP contribution < -0.4 is 0 Å². The van der Waals surface area contributed by atoms with Crippen molar-refractivity contribution >= 4 is 21.4 Å². The predicted octanol–water partition coefficient (Wildman–Crippen LogP) is 2.63. The highest BCUT2D eigenvalue weighted by Gasteiger charge is 2.47. The van der Waals surface area contributed by atoms with Crippen LogP contribution in [-0.4, -0.2) is 13.9 Å². The number of halogens is 4. The van der Waals surface area contributed by atoms with Crippen LogP contribution in [0.3, 0.4) is 0 Å². The van der Waals surface area contributed by atoms with Gasteiger partial charge >= 0.3 is 5.51 Å². The van der Waals surface area contributed by atoms with Gasteiger partial charge in [0.25, 0.3) is 9.84 Å². The molecule has 0 aliphatic carbocycles. The Morgan fingerprint density at radius 2 is 1.64 bits per heavy atom. The SMILES string of the molecule is O=S(=O)(c1ccccc1Cl)C(F)(F)F. The normalized spacial score (nSPS) is 12.9. The number of alkyl halides is 3. The van der Waals surface area contributed by atoms with E-state index in [2.05, 4.69) is 0 Å². The van der Waals surface area contributed by atoms with Gasteiger partial charge in [0, 0.05) is 0 Å². The second-order valence-corrected chi connectivity index (χ2v) is 4.70. The highest BCUT2D eigenvalue weighted by molar-refractivity contribution is 7.92. The highest BCUT2D eigenvalue weighted by atomic mass is 35.5. The third kappa shape index (κ3) is 1.85. The number of hydrogen-bond acceptors (Lipinski definition) is 2. The molecule has 0 aliphatic heterocycles. The molecule has 0 amide bonds. The van der Waals surface area contributed by atoms with E-state index in [1.165, 1.54) is 12.1 Å². The van der Waals surface area contributed by atoms with Crippen molar-refractivity contribution in [1.82, 2.24) is 0 Å². The molecule has 0 spiro atoms. The third-order valence-electron chi connectivity index (χ3n) is 1.43. The smallest absolute Gasteiger partial charge is 0.214 e. The van der Waals surface area contributed by atoms with Gasteiger partial charge in [-0.25, -0.2) is 8.42 Å². The lowest BCUT2D eigenvalue weighted by Gasteiger charge is -2.08. The van der Waals surface area contributed by atoms with Crippen molar-refractivity contribution in [2.24, 2.45) is 0 Å². The molecule has 7 heteroatoms. The molecule has 0 fully saturated rings. The first-order chi connectivity index (χ1) is 6.27. The first kappa shape index (κ1) is 11.3. The standard InChI is InChI=1S/C7H4ClF3O2S/c8-5-3-1-2-4-6(5)14(12,13)7(9,10)11/h1-4H. The van der Waals surface area contributed by atoms with E-state index in [1.54, 1.807) is 0 Å². The molecule has 1 rings (SSSR count). The molecule has 0 saturated heterocycles. The highest BCUT2D eigenvalue weighted by Crippen LogP contribution is 2.33. The summed E-state index contributed by atoms with van der Waals surface area (Å²) in [6.07, 6.45) is 0. The zero-order valence-corrected chi connectivity index (χ0v) is 8.12. The number of benzene rings is 1. The summed E-state index contributed by atoms with van der Waals surface area (Å²) in [4.78, 5) is -0.922. The largest absolute Gasteiger partial charge is 0.501 e. The Labute approximate surface area is 83.2 Å². The summed E-state index contributed by atoms with van der Waals surface area (Å²) >= 11 is 5.34. The van der Waals surface area contributed by atoms with Crippen molar-refractivity contribution in [3.63, 3.8) is 0 Å². The second-order valence-electron chi connectivity index (χ2n) is 2.38. The summed E-state index contributed by atoms with van der Waals surface area (Å²) in [5.41, 5.74) is -5.32. The average Bonchev–Trinajstić information content (AvgIpc) is 2.02. The quantitative estimate of drug-likeness (QED) is 0.761. The summed E-state index contributed by atoms with van der Waals surface area (Å²) in [5, 5.41) is -0.440. The minimum Gasteiger partial charge on any atom is -0.214 e. The molecule has 0 saturated carbocycles. The zero-order chi connectivity index (χ0) is 11.0. The average molecular weight is 245 g/mol. The van der Waals surface area contributed by atoms with Crippen molar-refractivity contribution in [2.75, 3.05) is 0 Å². The molecule has 0 N–H and O–H groups in total. The first-order valence-electron chi connectivity index (χ1n) is 3.32. The van der Waals surface area contributed by atoms with E-state index in [1.807, 2.05) is 0 Å². The Morgan fingerprint density at radius 3 is 2.07 bits per heavy atom. The van der Waals surface area contributed by atoms with Crippen LogP contribution in [0.1, 0.15) is 0 Å². The molecule has 0 aromatic heterocycles. The van der Waals surface area contributed by atoms with E-state index in [0.717, 1.165) is 12.1 Å². The maximum absolute atomic E-state index is 12.1. The Hall–Kier alpha value is -0.750. The van der Waals surface area contributed by atoms with Crippen molar-refractivity contribution in [1.29, 1.82) is 0 Å². The van der Waals surface area contributed by atoms with Gasteiger partial charge in [-0.2, -0.15) is 13.2 Å². The van der Waals surface area contributed by atoms with Crippen LogP contribution in [0.2, 0.25) is 5.02 Å². The first-order valence-corrected chi connectivity index (χ1v) is 5.19. The van der Waals surface area contributed by atoms with E-state index >= 15 is 0 Å². The Morgan fingerprint density at radius 1 is 1.14 bits per heavy atom. The van der Waals surface area contributed by atoms with Crippen molar-refractivity contribution in [3.8, 4) is 0 Å². The van der Waals surface area contributed by atoms with Gasteiger partial charge in [0.05, 0.1) is 9.92 Å². The van der Waals surface area contributed by atoms with Crippen LogP contribution >= 0.6 is 11.6 Å². The minimum absolute atomic E-state index is 0.440. The van der Waals surface area contributed by atoms with Gasteiger partial charge < -0.3 is 0 Å². The lowest BCUT2D eigenvalue weighted by Crippen LogP contribution is -2.23. The van der Waals surface area contributed by atoms with Crippen LogP contribution in [0.5, 0.6) is 0 Å². The molecule has 78 valence electrons. The number of hydrogen-bond donors (Lipinski definition) is 0. The molecule has 0 bridgehead atoms. The summed E-state index contributed by atoms with van der Waals surface area (Å²) in [7, 11) is -5.34. The van der Waals surface area contributed by atoms with Crippen molar-refractivity contribution < 1.29 is 21.6 Å². The third-order valence-corrected chi connectivity index (χ3v) is 3.42. The molecule has 0 unspecified atom stereocenters. The Bertz CT molecular complexity index is 438. The van der Waals surface area contributed by atoms with E-state index in [-0.39, 0.29) is 0 Å². The molecule has 0 radical (unpaired) electrons. The number of rotatable bonds is 1. The molecule has 1 aromatic carbocycles. The lowest BCUT2D eigenvalue weighted by atomic mass is 10.4. The van der Waals surface area contributed by atoms with Gasteiger partial charge in [0.2, 0.25) is 0 Å². The monoisotopic (exact) mass is 244 g/mol.